The molecule has 1 atom stereocenters. The van der Waals surface area contributed by atoms with Crippen molar-refractivity contribution in [3.63, 3.8) is 0 Å². The van der Waals surface area contributed by atoms with Crippen LogP contribution in [0.15, 0.2) is 29.8 Å². The van der Waals surface area contributed by atoms with Crippen LogP contribution in [0.2, 0.25) is 0 Å². The van der Waals surface area contributed by atoms with Gasteiger partial charge < -0.3 is 10.1 Å². The molecule has 4 nitrogen and oxygen atoms in total. The first-order chi connectivity index (χ1) is 11.7. The van der Waals surface area contributed by atoms with E-state index in [2.05, 4.69) is 46.4 Å². The minimum Gasteiger partial charge on any atom is -0.494 e. The number of hydrogen-bond donors (Lipinski definition) is 1. The normalized spacial score (nSPS) is 17.5. The number of benzene rings is 1. The minimum atomic E-state index is 0.713. The fourth-order valence-corrected chi connectivity index (χ4v) is 4.04. The molecule has 24 heavy (non-hydrogen) atoms. The number of rotatable bonds is 8. The molecule has 0 radical (unpaired) electrons. The average molecular weight is 346 g/mol. The lowest BCUT2D eigenvalue weighted by atomic mass is 10.1. The SMILES string of the molecule is CCOc1ccc(CN(Cc2scnc2C)CC2CCNC2)cc1. The van der Waals surface area contributed by atoms with Crippen molar-refractivity contribution in [2.45, 2.75) is 33.4 Å². The molecule has 0 spiro atoms. The molecular weight excluding hydrogens is 318 g/mol. The number of nitrogens with zero attached hydrogens (tertiary/aromatic N) is 2. The van der Waals surface area contributed by atoms with E-state index in [1.807, 2.05) is 12.4 Å². The monoisotopic (exact) mass is 345 g/mol. The van der Waals surface area contributed by atoms with Crippen molar-refractivity contribution < 1.29 is 4.74 Å². The average Bonchev–Trinajstić information content (AvgIpc) is 3.22. The summed E-state index contributed by atoms with van der Waals surface area (Å²) in [6, 6.07) is 8.52. The van der Waals surface area contributed by atoms with Gasteiger partial charge in [0.05, 0.1) is 17.8 Å². The first kappa shape index (κ1) is 17.4. The van der Waals surface area contributed by atoms with E-state index in [1.165, 1.54) is 22.6 Å². The summed E-state index contributed by atoms with van der Waals surface area (Å²) in [6.45, 7) is 10.2. The zero-order chi connectivity index (χ0) is 16.8. The van der Waals surface area contributed by atoms with Gasteiger partial charge in [0.15, 0.2) is 0 Å². The standard InChI is InChI=1S/C19H27N3OS/c1-3-23-18-6-4-16(5-7-18)11-22(12-17-8-9-20-10-17)13-19-15(2)21-14-24-19/h4-7,14,17,20H,3,8-13H2,1-2H3. The van der Waals surface area contributed by atoms with Crippen LogP contribution in [0.5, 0.6) is 5.75 Å². The van der Waals surface area contributed by atoms with Gasteiger partial charge in [-0.2, -0.15) is 0 Å². The molecule has 2 aromatic rings. The van der Waals surface area contributed by atoms with Crippen LogP contribution in [0.4, 0.5) is 0 Å². The number of hydrogen-bond acceptors (Lipinski definition) is 5. The fraction of sp³-hybridized carbons (Fsp3) is 0.526. The highest BCUT2D eigenvalue weighted by Gasteiger charge is 2.19. The molecule has 3 rings (SSSR count). The van der Waals surface area contributed by atoms with Gasteiger partial charge in [0.25, 0.3) is 0 Å². The second kappa shape index (κ2) is 8.60. The maximum atomic E-state index is 5.55. The van der Waals surface area contributed by atoms with Crippen molar-refractivity contribution in [3.8, 4) is 5.75 Å². The summed E-state index contributed by atoms with van der Waals surface area (Å²) in [5.41, 5.74) is 4.46. The smallest absolute Gasteiger partial charge is 0.119 e. The summed E-state index contributed by atoms with van der Waals surface area (Å²) in [4.78, 5) is 8.35. The summed E-state index contributed by atoms with van der Waals surface area (Å²) < 4.78 is 5.55. The van der Waals surface area contributed by atoms with Crippen LogP contribution in [-0.2, 0) is 13.1 Å². The molecule has 1 N–H and O–H groups in total. The molecule has 1 aliphatic heterocycles. The minimum absolute atomic E-state index is 0.713. The Labute approximate surface area is 148 Å². The first-order valence-corrected chi connectivity index (χ1v) is 9.66. The predicted octanol–water partition coefficient (Wildman–Crippen LogP) is 3.46. The molecule has 0 aliphatic carbocycles. The summed E-state index contributed by atoms with van der Waals surface area (Å²) in [5.74, 6) is 1.70. The zero-order valence-corrected chi connectivity index (χ0v) is 15.4. The quantitative estimate of drug-likeness (QED) is 0.795. The van der Waals surface area contributed by atoms with Crippen molar-refractivity contribution in [3.05, 3.63) is 45.9 Å². The summed E-state index contributed by atoms with van der Waals surface area (Å²) in [6.07, 6.45) is 1.28. The predicted molar refractivity (Wildman–Crippen MR) is 99.6 cm³/mol. The molecule has 1 saturated heterocycles. The highest BCUT2D eigenvalue weighted by atomic mass is 32.1. The van der Waals surface area contributed by atoms with E-state index in [4.69, 9.17) is 4.74 Å². The molecular formula is C19H27N3OS. The van der Waals surface area contributed by atoms with Crippen molar-refractivity contribution in [2.24, 2.45) is 5.92 Å². The Morgan fingerprint density at radius 1 is 1.29 bits per heavy atom. The third-order valence-corrected chi connectivity index (χ3v) is 5.45. The van der Waals surface area contributed by atoms with Gasteiger partial charge >= 0.3 is 0 Å². The maximum absolute atomic E-state index is 5.55. The molecule has 0 bridgehead atoms. The van der Waals surface area contributed by atoms with E-state index in [-0.39, 0.29) is 0 Å². The van der Waals surface area contributed by atoms with Gasteiger partial charge in [-0.15, -0.1) is 11.3 Å². The number of nitrogens with one attached hydrogen (secondary N) is 1. The Balaban J connectivity index is 1.67. The van der Waals surface area contributed by atoms with Gasteiger partial charge in [0.1, 0.15) is 5.75 Å². The van der Waals surface area contributed by atoms with Crippen LogP contribution in [0.3, 0.4) is 0 Å². The first-order valence-electron chi connectivity index (χ1n) is 8.78. The zero-order valence-electron chi connectivity index (χ0n) is 14.6. The Hall–Kier alpha value is -1.43. The molecule has 0 amide bonds. The molecule has 0 saturated carbocycles. The van der Waals surface area contributed by atoms with Crippen LogP contribution in [0, 0.1) is 12.8 Å². The number of aryl methyl sites for hydroxylation is 1. The van der Waals surface area contributed by atoms with Gasteiger partial charge in [-0.1, -0.05) is 12.1 Å². The van der Waals surface area contributed by atoms with Crippen molar-refractivity contribution in [1.82, 2.24) is 15.2 Å². The van der Waals surface area contributed by atoms with E-state index >= 15 is 0 Å². The molecule has 130 valence electrons. The molecule has 1 aromatic heterocycles. The largest absolute Gasteiger partial charge is 0.494 e. The van der Waals surface area contributed by atoms with Gasteiger partial charge in [0, 0.05) is 24.5 Å². The number of aromatic nitrogens is 1. The van der Waals surface area contributed by atoms with E-state index in [9.17, 15) is 0 Å². The van der Waals surface area contributed by atoms with Gasteiger partial charge in [-0.3, -0.25) is 4.90 Å². The van der Waals surface area contributed by atoms with Gasteiger partial charge in [-0.05, 0) is 57.0 Å². The maximum Gasteiger partial charge on any atom is 0.119 e. The second-order valence-corrected chi connectivity index (χ2v) is 7.41. The van der Waals surface area contributed by atoms with E-state index in [0.717, 1.165) is 44.4 Å². The lowest BCUT2D eigenvalue weighted by Gasteiger charge is -2.25. The molecule has 1 unspecified atom stereocenters. The third kappa shape index (κ3) is 4.79. The van der Waals surface area contributed by atoms with E-state index < -0.39 is 0 Å². The van der Waals surface area contributed by atoms with Crippen molar-refractivity contribution in [2.75, 3.05) is 26.2 Å². The fourth-order valence-electron chi connectivity index (χ4n) is 3.22. The molecule has 1 aliphatic rings. The van der Waals surface area contributed by atoms with Crippen molar-refractivity contribution in [1.29, 1.82) is 0 Å². The van der Waals surface area contributed by atoms with Gasteiger partial charge in [-0.25, -0.2) is 4.98 Å². The highest BCUT2D eigenvalue weighted by molar-refractivity contribution is 7.09. The topological polar surface area (TPSA) is 37.4 Å². The molecule has 1 aromatic carbocycles. The van der Waals surface area contributed by atoms with Crippen molar-refractivity contribution >= 4 is 11.3 Å². The molecule has 5 heteroatoms. The number of thiazole rings is 1. The summed E-state index contributed by atoms with van der Waals surface area (Å²) >= 11 is 1.77. The molecule has 2 heterocycles. The van der Waals surface area contributed by atoms with E-state index in [1.54, 1.807) is 11.3 Å². The Morgan fingerprint density at radius 3 is 2.75 bits per heavy atom. The van der Waals surface area contributed by atoms with E-state index in [0.29, 0.717) is 6.61 Å². The Kier molecular flexibility index (Phi) is 6.24. The molecule has 1 fully saturated rings. The van der Waals surface area contributed by atoms with Crippen LogP contribution in [0.25, 0.3) is 0 Å². The van der Waals surface area contributed by atoms with Crippen LogP contribution >= 0.6 is 11.3 Å². The third-order valence-electron chi connectivity index (χ3n) is 4.53. The second-order valence-electron chi connectivity index (χ2n) is 6.47. The van der Waals surface area contributed by atoms with Gasteiger partial charge in [0.2, 0.25) is 0 Å². The van der Waals surface area contributed by atoms with Crippen LogP contribution < -0.4 is 10.1 Å². The summed E-state index contributed by atoms with van der Waals surface area (Å²) in [5, 5.41) is 3.48. The number of ether oxygens (including phenoxy) is 1. The van der Waals surface area contributed by atoms with Crippen LogP contribution in [0.1, 0.15) is 29.5 Å². The lowest BCUT2D eigenvalue weighted by Crippen LogP contribution is -2.30. The Bertz CT molecular complexity index is 620. The lowest BCUT2D eigenvalue weighted by molar-refractivity contribution is 0.222. The van der Waals surface area contributed by atoms with Crippen LogP contribution in [-0.4, -0.2) is 36.1 Å². The highest BCUT2D eigenvalue weighted by Crippen LogP contribution is 2.21. The summed E-state index contributed by atoms with van der Waals surface area (Å²) in [7, 11) is 0. The Morgan fingerprint density at radius 2 is 2.12 bits per heavy atom.